The Labute approximate surface area is 103 Å². The van der Waals surface area contributed by atoms with Crippen LogP contribution in [0.3, 0.4) is 0 Å². The number of rotatable bonds is 3. The predicted molar refractivity (Wildman–Crippen MR) is 69.6 cm³/mol. The third kappa shape index (κ3) is 2.98. The minimum atomic E-state index is 0.461. The lowest BCUT2D eigenvalue weighted by molar-refractivity contribution is 0.332. The number of nitrogens with one attached hydrogen (secondary N) is 1. The third-order valence-corrected chi connectivity index (χ3v) is 3.56. The number of hydrogen-bond donors (Lipinski definition) is 2. The van der Waals surface area contributed by atoms with Crippen LogP contribution >= 0.6 is 0 Å². The first-order valence-corrected chi connectivity index (χ1v) is 6.30. The molecule has 3 N–H and O–H groups in total. The van der Waals surface area contributed by atoms with Crippen molar-refractivity contribution >= 4 is 5.69 Å². The number of benzene rings is 1. The highest BCUT2D eigenvalue weighted by Crippen LogP contribution is 2.26. The molecule has 0 radical (unpaired) electrons. The zero-order chi connectivity index (χ0) is 12.1. The zero-order valence-corrected chi connectivity index (χ0v) is 10.0. The summed E-state index contributed by atoms with van der Waals surface area (Å²) in [5, 5.41) is 12.4. The van der Waals surface area contributed by atoms with Crippen LogP contribution in [0.1, 0.15) is 31.2 Å². The highest BCUT2D eigenvalue weighted by molar-refractivity contribution is 5.49. The minimum Gasteiger partial charge on any atom is -0.382 e. The topological polar surface area (TPSA) is 61.8 Å². The van der Waals surface area contributed by atoms with Crippen molar-refractivity contribution in [3.8, 4) is 6.07 Å². The molecule has 2 unspecified atom stereocenters. The number of nitrogens with two attached hydrogens (primary N) is 1. The van der Waals surface area contributed by atoms with Gasteiger partial charge in [-0.05, 0) is 43.5 Å². The Morgan fingerprint density at radius 1 is 1.35 bits per heavy atom. The summed E-state index contributed by atoms with van der Waals surface area (Å²) in [6.07, 6.45) is 4.95. The van der Waals surface area contributed by atoms with E-state index in [1.54, 1.807) is 0 Å². The van der Waals surface area contributed by atoms with Crippen LogP contribution in [0.5, 0.6) is 0 Å². The SMILES string of the molecule is N#Cc1cccc(NC2CCCCC2CN)c1. The zero-order valence-electron chi connectivity index (χ0n) is 10.0. The van der Waals surface area contributed by atoms with Crippen LogP contribution in [0.4, 0.5) is 5.69 Å². The average molecular weight is 229 g/mol. The van der Waals surface area contributed by atoms with Gasteiger partial charge in [-0.2, -0.15) is 5.26 Å². The van der Waals surface area contributed by atoms with E-state index < -0.39 is 0 Å². The predicted octanol–water partition coefficient (Wildman–Crippen LogP) is 2.49. The summed E-state index contributed by atoms with van der Waals surface area (Å²) in [4.78, 5) is 0. The fourth-order valence-corrected chi connectivity index (χ4v) is 2.57. The van der Waals surface area contributed by atoms with E-state index in [0.29, 0.717) is 17.5 Å². The van der Waals surface area contributed by atoms with Gasteiger partial charge >= 0.3 is 0 Å². The molecule has 0 bridgehead atoms. The lowest BCUT2D eigenvalue weighted by Crippen LogP contribution is -2.36. The summed E-state index contributed by atoms with van der Waals surface area (Å²) >= 11 is 0. The van der Waals surface area contributed by atoms with Crippen LogP contribution < -0.4 is 11.1 Å². The Balaban J connectivity index is 2.06. The fourth-order valence-electron chi connectivity index (χ4n) is 2.57. The minimum absolute atomic E-state index is 0.461. The van der Waals surface area contributed by atoms with Crippen molar-refractivity contribution in [2.45, 2.75) is 31.7 Å². The van der Waals surface area contributed by atoms with Gasteiger partial charge in [-0.3, -0.25) is 0 Å². The first-order valence-electron chi connectivity index (χ1n) is 6.30. The van der Waals surface area contributed by atoms with Gasteiger partial charge in [0.15, 0.2) is 0 Å². The maximum absolute atomic E-state index is 8.87. The number of nitrogens with zero attached hydrogens (tertiary/aromatic N) is 1. The molecule has 2 atom stereocenters. The van der Waals surface area contributed by atoms with Crippen molar-refractivity contribution in [1.82, 2.24) is 0 Å². The second-order valence-corrected chi connectivity index (χ2v) is 4.72. The molecule has 2 rings (SSSR count). The molecular formula is C14H19N3. The lowest BCUT2D eigenvalue weighted by Gasteiger charge is -2.32. The molecule has 1 aliphatic rings. The van der Waals surface area contributed by atoms with E-state index in [1.165, 1.54) is 25.7 Å². The van der Waals surface area contributed by atoms with Crippen LogP contribution in [-0.4, -0.2) is 12.6 Å². The summed E-state index contributed by atoms with van der Waals surface area (Å²) in [6.45, 7) is 0.746. The van der Waals surface area contributed by atoms with E-state index in [-0.39, 0.29) is 0 Å². The molecule has 1 aromatic rings. The Kier molecular flexibility index (Phi) is 4.00. The molecular weight excluding hydrogens is 210 g/mol. The van der Waals surface area contributed by atoms with E-state index in [4.69, 9.17) is 11.0 Å². The molecule has 1 fully saturated rings. The van der Waals surface area contributed by atoms with Crippen LogP contribution in [0.25, 0.3) is 0 Å². The molecule has 0 aliphatic heterocycles. The summed E-state index contributed by atoms with van der Waals surface area (Å²) < 4.78 is 0. The average Bonchev–Trinajstić information content (AvgIpc) is 2.39. The number of anilines is 1. The quantitative estimate of drug-likeness (QED) is 0.837. The van der Waals surface area contributed by atoms with Gasteiger partial charge in [-0.1, -0.05) is 18.9 Å². The van der Waals surface area contributed by atoms with Crippen LogP contribution in [-0.2, 0) is 0 Å². The molecule has 1 aliphatic carbocycles. The first-order chi connectivity index (χ1) is 8.33. The highest BCUT2D eigenvalue weighted by atomic mass is 14.9. The highest BCUT2D eigenvalue weighted by Gasteiger charge is 2.23. The van der Waals surface area contributed by atoms with Gasteiger partial charge in [0.25, 0.3) is 0 Å². The molecule has 90 valence electrons. The van der Waals surface area contributed by atoms with Gasteiger partial charge in [0.05, 0.1) is 11.6 Å². The summed E-state index contributed by atoms with van der Waals surface area (Å²) in [5.41, 5.74) is 7.55. The van der Waals surface area contributed by atoms with Crippen molar-refractivity contribution in [3.05, 3.63) is 29.8 Å². The first kappa shape index (κ1) is 11.9. The van der Waals surface area contributed by atoms with Gasteiger partial charge in [0.2, 0.25) is 0 Å². The van der Waals surface area contributed by atoms with E-state index in [1.807, 2.05) is 24.3 Å². The summed E-state index contributed by atoms with van der Waals surface area (Å²) in [6, 6.07) is 10.3. The van der Waals surface area contributed by atoms with Crippen molar-refractivity contribution in [3.63, 3.8) is 0 Å². The van der Waals surface area contributed by atoms with Gasteiger partial charge < -0.3 is 11.1 Å². The van der Waals surface area contributed by atoms with Crippen molar-refractivity contribution in [2.24, 2.45) is 11.7 Å². The molecule has 0 heterocycles. The Bertz CT molecular complexity index is 408. The van der Waals surface area contributed by atoms with Gasteiger partial charge in [-0.15, -0.1) is 0 Å². The number of hydrogen-bond acceptors (Lipinski definition) is 3. The largest absolute Gasteiger partial charge is 0.382 e. The van der Waals surface area contributed by atoms with Crippen molar-refractivity contribution in [2.75, 3.05) is 11.9 Å². The van der Waals surface area contributed by atoms with Crippen LogP contribution in [0, 0.1) is 17.2 Å². The van der Waals surface area contributed by atoms with Crippen LogP contribution in [0.15, 0.2) is 24.3 Å². The van der Waals surface area contributed by atoms with Crippen LogP contribution in [0.2, 0.25) is 0 Å². The van der Waals surface area contributed by atoms with Gasteiger partial charge in [-0.25, -0.2) is 0 Å². The van der Waals surface area contributed by atoms with E-state index in [0.717, 1.165) is 12.2 Å². The molecule has 0 amide bonds. The molecule has 0 saturated heterocycles. The van der Waals surface area contributed by atoms with Crippen molar-refractivity contribution < 1.29 is 0 Å². The maximum Gasteiger partial charge on any atom is 0.0992 e. The van der Waals surface area contributed by atoms with Crippen molar-refractivity contribution in [1.29, 1.82) is 5.26 Å². The molecule has 0 spiro atoms. The summed E-state index contributed by atoms with van der Waals surface area (Å²) in [7, 11) is 0. The standard InChI is InChI=1S/C14H19N3/c15-9-11-4-3-6-13(8-11)17-14-7-2-1-5-12(14)10-16/h3-4,6,8,12,14,17H,1-2,5,7,10,16H2. The lowest BCUT2D eigenvalue weighted by atomic mass is 9.84. The maximum atomic E-state index is 8.87. The van der Waals surface area contributed by atoms with Gasteiger partial charge in [0.1, 0.15) is 0 Å². The monoisotopic (exact) mass is 229 g/mol. The number of nitriles is 1. The molecule has 1 saturated carbocycles. The Morgan fingerprint density at radius 2 is 2.18 bits per heavy atom. The summed E-state index contributed by atoms with van der Waals surface area (Å²) in [5.74, 6) is 0.564. The second-order valence-electron chi connectivity index (χ2n) is 4.72. The molecule has 3 heteroatoms. The van der Waals surface area contributed by atoms with E-state index >= 15 is 0 Å². The molecule has 17 heavy (non-hydrogen) atoms. The Hall–Kier alpha value is -1.53. The molecule has 0 aromatic heterocycles. The smallest absolute Gasteiger partial charge is 0.0992 e. The van der Waals surface area contributed by atoms with E-state index in [2.05, 4.69) is 11.4 Å². The van der Waals surface area contributed by atoms with E-state index in [9.17, 15) is 0 Å². The molecule has 3 nitrogen and oxygen atoms in total. The second kappa shape index (κ2) is 5.70. The third-order valence-electron chi connectivity index (χ3n) is 3.56. The normalized spacial score (nSPS) is 24.0. The molecule has 1 aromatic carbocycles. The fraction of sp³-hybridized carbons (Fsp3) is 0.500. The van der Waals surface area contributed by atoms with Gasteiger partial charge in [0, 0.05) is 11.7 Å². The Morgan fingerprint density at radius 3 is 2.94 bits per heavy atom.